The molecule has 0 radical (unpaired) electrons. The fraction of sp³-hybridized carbons (Fsp3) is 0.529. The molecule has 1 aromatic rings. The van der Waals surface area contributed by atoms with Gasteiger partial charge in [-0.1, -0.05) is 12.1 Å². The Bertz CT molecular complexity index is 556. The number of carbonyl (C=O) groups excluding carboxylic acids is 2. The van der Waals surface area contributed by atoms with Crippen molar-refractivity contribution in [2.24, 2.45) is 5.92 Å². The summed E-state index contributed by atoms with van der Waals surface area (Å²) < 4.78 is 5.55. The predicted molar refractivity (Wildman–Crippen MR) is 83.1 cm³/mol. The molecule has 5 nitrogen and oxygen atoms in total. The molecule has 1 atom stereocenters. The molecule has 0 amide bonds. The molecular formula is C17H23NO4. The van der Waals surface area contributed by atoms with Crippen LogP contribution < -0.4 is 4.74 Å². The number of ether oxygens (including phenoxy) is 1. The van der Waals surface area contributed by atoms with Gasteiger partial charge >= 0.3 is 5.97 Å². The van der Waals surface area contributed by atoms with Crippen LogP contribution in [0.3, 0.4) is 0 Å². The normalized spacial score (nSPS) is 19.0. The Labute approximate surface area is 130 Å². The molecule has 0 bridgehead atoms. The van der Waals surface area contributed by atoms with Crippen LogP contribution >= 0.6 is 0 Å². The molecular weight excluding hydrogens is 282 g/mol. The first kappa shape index (κ1) is 16.6. The van der Waals surface area contributed by atoms with Crippen LogP contribution in [-0.4, -0.2) is 48.5 Å². The Morgan fingerprint density at radius 2 is 2.18 bits per heavy atom. The lowest BCUT2D eigenvalue weighted by molar-refractivity contribution is -0.140. The van der Waals surface area contributed by atoms with E-state index >= 15 is 0 Å². The molecule has 5 heteroatoms. The highest BCUT2D eigenvalue weighted by Gasteiger charge is 2.26. The SMILES string of the molecule is CC(=O)c1ccc(CCO)c(OC(=O)C2CCCN(C)C2)c1. The van der Waals surface area contributed by atoms with Gasteiger partial charge in [-0.05, 0) is 51.4 Å². The van der Waals surface area contributed by atoms with Crippen molar-refractivity contribution in [3.8, 4) is 5.75 Å². The number of piperidine rings is 1. The van der Waals surface area contributed by atoms with Crippen molar-refractivity contribution in [3.63, 3.8) is 0 Å². The molecule has 1 aliphatic heterocycles. The van der Waals surface area contributed by atoms with Crippen LogP contribution in [0.5, 0.6) is 5.75 Å². The van der Waals surface area contributed by atoms with E-state index in [-0.39, 0.29) is 24.3 Å². The van der Waals surface area contributed by atoms with Crippen molar-refractivity contribution >= 4 is 11.8 Å². The maximum Gasteiger partial charge on any atom is 0.315 e. The number of hydrogen-bond donors (Lipinski definition) is 1. The zero-order valence-corrected chi connectivity index (χ0v) is 13.2. The topological polar surface area (TPSA) is 66.8 Å². The summed E-state index contributed by atoms with van der Waals surface area (Å²) >= 11 is 0. The Morgan fingerprint density at radius 3 is 2.82 bits per heavy atom. The van der Waals surface area contributed by atoms with Gasteiger partial charge in [-0.25, -0.2) is 0 Å². The zero-order chi connectivity index (χ0) is 16.1. The van der Waals surface area contributed by atoms with Crippen molar-refractivity contribution in [1.82, 2.24) is 4.90 Å². The van der Waals surface area contributed by atoms with Gasteiger partial charge in [-0.15, -0.1) is 0 Å². The van der Waals surface area contributed by atoms with Crippen LogP contribution in [0.15, 0.2) is 18.2 Å². The first-order valence-corrected chi connectivity index (χ1v) is 7.66. The van der Waals surface area contributed by atoms with Gasteiger partial charge in [0, 0.05) is 18.7 Å². The maximum atomic E-state index is 12.4. The number of carbonyl (C=O) groups is 2. The number of esters is 1. The van der Waals surface area contributed by atoms with Crippen LogP contribution in [0.1, 0.15) is 35.7 Å². The molecule has 1 aliphatic rings. The fourth-order valence-electron chi connectivity index (χ4n) is 2.75. The van der Waals surface area contributed by atoms with E-state index in [1.807, 2.05) is 7.05 Å². The third kappa shape index (κ3) is 4.15. The van der Waals surface area contributed by atoms with Gasteiger partial charge in [0.2, 0.25) is 0 Å². The van der Waals surface area contributed by atoms with E-state index in [9.17, 15) is 9.59 Å². The third-order valence-corrected chi connectivity index (χ3v) is 4.02. The minimum Gasteiger partial charge on any atom is -0.426 e. The molecule has 1 aromatic carbocycles. The number of hydrogen-bond acceptors (Lipinski definition) is 5. The maximum absolute atomic E-state index is 12.4. The lowest BCUT2D eigenvalue weighted by atomic mass is 9.98. The van der Waals surface area contributed by atoms with E-state index in [0.717, 1.165) is 24.9 Å². The highest BCUT2D eigenvalue weighted by atomic mass is 16.5. The van der Waals surface area contributed by atoms with E-state index in [0.29, 0.717) is 24.3 Å². The standard InChI is InChI=1S/C17H23NO4/c1-12(20)14-6-5-13(7-9-19)16(10-14)22-17(21)15-4-3-8-18(2)11-15/h5-6,10,15,19H,3-4,7-9,11H2,1-2H3. The molecule has 1 unspecified atom stereocenters. The largest absolute Gasteiger partial charge is 0.426 e. The second-order valence-corrected chi connectivity index (χ2v) is 5.87. The summed E-state index contributed by atoms with van der Waals surface area (Å²) in [7, 11) is 1.99. The number of aliphatic hydroxyl groups is 1. The van der Waals surface area contributed by atoms with Crippen LogP contribution in [-0.2, 0) is 11.2 Å². The molecule has 1 N–H and O–H groups in total. The van der Waals surface area contributed by atoms with Crippen LogP contribution in [0.4, 0.5) is 0 Å². The molecule has 0 spiro atoms. The zero-order valence-electron chi connectivity index (χ0n) is 13.2. The third-order valence-electron chi connectivity index (χ3n) is 4.02. The average Bonchev–Trinajstić information content (AvgIpc) is 2.49. The van der Waals surface area contributed by atoms with Crippen molar-refractivity contribution in [1.29, 1.82) is 0 Å². The summed E-state index contributed by atoms with van der Waals surface area (Å²) in [6.07, 6.45) is 2.20. The van der Waals surface area contributed by atoms with Crippen LogP contribution in [0, 0.1) is 5.92 Å². The fourth-order valence-corrected chi connectivity index (χ4v) is 2.75. The predicted octanol–water partition coefficient (Wildman–Crippen LogP) is 1.67. The van der Waals surface area contributed by atoms with Gasteiger partial charge in [-0.3, -0.25) is 9.59 Å². The second kappa shape index (κ2) is 7.51. The summed E-state index contributed by atoms with van der Waals surface area (Å²) in [5.74, 6) is -0.0848. The lowest BCUT2D eigenvalue weighted by Crippen LogP contribution is -2.37. The summed E-state index contributed by atoms with van der Waals surface area (Å²) in [5.41, 5.74) is 1.25. The first-order valence-electron chi connectivity index (χ1n) is 7.66. The number of benzene rings is 1. The Hall–Kier alpha value is -1.72. The van der Waals surface area contributed by atoms with E-state index in [4.69, 9.17) is 9.84 Å². The molecule has 1 heterocycles. The highest BCUT2D eigenvalue weighted by molar-refractivity contribution is 5.94. The van der Waals surface area contributed by atoms with Crippen molar-refractivity contribution in [2.75, 3.05) is 26.7 Å². The summed E-state index contributed by atoms with van der Waals surface area (Å²) in [6.45, 7) is 3.14. The van der Waals surface area contributed by atoms with Crippen molar-refractivity contribution in [2.45, 2.75) is 26.2 Å². The number of Topliss-reactive ketones (excluding diaryl/α,β-unsaturated/α-hetero) is 1. The van der Waals surface area contributed by atoms with Crippen molar-refractivity contribution in [3.05, 3.63) is 29.3 Å². The minimum absolute atomic E-state index is 0.0316. The molecule has 2 rings (SSSR count). The van der Waals surface area contributed by atoms with Crippen molar-refractivity contribution < 1.29 is 19.4 Å². The van der Waals surface area contributed by atoms with E-state index in [1.165, 1.54) is 6.92 Å². The highest BCUT2D eigenvalue weighted by Crippen LogP contribution is 2.24. The monoisotopic (exact) mass is 305 g/mol. The van der Waals surface area contributed by atoms with E-state index in [1.54, 1.807) is 18.2 Å². The van der Waals surface area contributed by atoms with Crippen LogP contribution in [0.25, 0.3) is 0 Å². The first-order chi connectivity index (χ1) is 10.5. The number of nitrogens with zero attached hydrogens (tertiary/aromatic N) is 1. The smallest absolute Gasteiger partial charge is 0.315 e. The number of aliphatic hydroxyl groups excluding tert-OH is 1. The summed E-state index contributed by atoms with van der Waals surface area (Å²) in [4.78, 5) is 26.0. The molecule has 120 valence electrons. The molecule has 0 aliphatic carbocycles. The number of ketones is 1. The van der Waals surface area contributed by atoms with Gasteiger partial charge < -0.3 is 14.7 Å². The van der Waals surface area contributed by atoms with Gasteiger partial charge in [-0.2, -0.15) is 0 Å². The average molecular weight is 305 g/mol. The summed E-state index contributed by atoms with van der Waals surface area (Å²) in [6, 6.07) is 5.03. The summed E-state index contributed by atoms with van der Waals surface area (Å²) in [5, 5.41) is 9.13. The Morgan fingerprint density at radius 1 is 1.41 bits per heavy atom. The molecule has 1 saturated heterocycles. The van der Waals surface area contributed by atoms with Gasteiger partial charge in [0.15, 0.2) is 5.78 Å². The van der Waals surface area contributed by atoms with E-state index in [2.05, 4.69) is 4.90 Å². The lowest BCUT2D eigenvalue weighted by Gasteiger charge is -2.28. The molecule has 0 aromatic heterocycles. The second-order valence-electron chi connectivity index (χ2n) is 5.87. The van der Waals surface area contributed by atoms with Gasteiger partial charge in [0.1, 0.15) is 5.75 Å². The van der Waals surface area contributed by atoms with E-state index < -0.39 is 0 Å². The minimum atomic E-state index is -0.258. The Kier molecular flexibility index (Phi) is 5.69. The van der Waals surface area contributed by atoms with Gasteiger partial charge in [0.25, 0.3) is 0 Å². The molecule has 1 fully saturated rings. The number of rotatable bonds is 5. The van der Waals surface area contributed by atoms with Crippen LogP contribution in [0.2, 0.25) is 0 Å². The Balaban J connectivity index is 2.16. The number of likely N-dealkylation sites (tertiary alicyclic amines) is 1. The quantitative estimate of drug-likeness (QED) is 0.509. The molecule has 22 heavy (non-hydrogen) atoms. The molecule has 0 saturated carbocycles. The van der Waals surface area contributed by atoms with Gasteiger partial charge in [0.05, 0.1) is 5.92 Å².